The topological polar surface area (TPSA) is 49.3 Å². The largest absolute Gasteiger partial charge is 0.391 e. The van der Waals surface area contributed by atoms with Crippen molar-refractivity contribution in [3.63, 3.8) is 0 Å². The van der Waals surface area contributed by atoms with Gasteiger partial charge in [0.15, 0.2) is 0 Å². The van der Waals surface area contributed by atoms with Crippen molar-refractivity contribution in [2.45, 2.75) is 56.6 Å². The molecule has 0 aliphatic heterocycles. The molecule has 0 bridgehead atoms. The molecule has 2 unspecified atom stereocenters. The quantitative estimate of drug-likeness (QED) is 0.874. The lowest BCUT2D eigenvalue weighted by atomic mass is 10.1. The molecule has 3 nitrogen and oxygen atoms in total. The number of β-amino-alcohol motifs (C(OH)–C–C–N with tert-alkyl or cyclic N) is 1. The second kappa shape index (κ2) is 6.37. The summed E-state index contributed by atoms with van der Waals surface area (Å²) in [6, 6.07) is 6.10. The minimum Gasteiger partial charge on any atom is -0.391 e. The first-order chi connectivity index (χ1) is 9.35. The summed E-state index contributed by atoms with van der Waals surface area (Å²) in [6.45, 7) is 6.63. The molecule has 1 aliphatic rings. The van der Waals surface area contributed by atoms with Crippen LogP contribution in [0.4, 0.5) is 0 Å². The van der Waals surface area contributed by atoms with Gasteiger partial charge in [0.05, 0.1) is 22.7 Å². The molecule has 0 radical (unpaired) electrons. The summed E-state index contributed by atoms with van der Waals surface area (Å²) in [5.41, 5.74) is 2.69. The molecule has 112 valence electrons. The van der Waals surface area contributed by atoms with Gasteiger partial charge in [0.25, 0.3) is 0 Å². The van der Waals surface area contributed by atoms with Crippen molar-refractivity contribution in [2.24, 2.45) is 0 Å². The lowest BCUT2D eigenvalue weighted by Gasteiger charge is -2.22. The van der Waals surface area contributed by atoms with E-state index in [-0.39, 0.29) is 5.54 Å². The number of aryl methyl sites for hydroxylation is 2. The zero-order valence-electron chi connectivity index (χ0n) is 12.6. The molecule has 4 heteroatoms. The first-order valence-electron chi connectivity index (χ1n) is 7.28. The van der Waals surface area contributed by atoms with E-state index in [1.54, 1.807) is 0 Å². The highest BCUT2D eigenvalue weighted by atomic mass is 32.2. The smallest absolute Gasteiger partial charge is 0.0783 e. The fourth-order valence-corrected chi connectivity index (χ4v) is 3.60. The summed E-state index contributed by atoms with van der Waals surface area (Å²) >= 11 is 0. The molecule has 1 aliphatic carbocycles. The van der Waals surface area contributed by atoms with Crippen LogP contribution in [0.5, 0.6) is 0 Å². The van der Waals surface area contributed by atoms with Crippen LogP contribution >= 0.6 is 0 Å². The highest BCUT2D eigenvalue weighted by Crippen LogP contribution is 2.24. The van der Waals surface area contributed by atoms with Crippen LogP contribution in [0.2, 0.25) is 0 Å². The van der Waals surface area contributed by atoms with Crippen molar-refractivity contribution < 1.29 is 9.32 Å². The molecule has 2 rings (SSSR count). The maximum Gasteiger partial charge on any atom is 0.0783 e. The predicted octanol–water partition coefficient (Wildman–Crippen LogP) is 2.03. The van der Waals surface area contributed by atoms with Crippen LogP contribution in [0.15, 0.2) is 23.1 Å². The maximum atomic E-state index is 12.3. The van der Waals surface area contributed by atoms with E-state index in [0.717, 1.165) is 17.7 Å². The van der Waals surface area contributed by atoms with Crippen molar-refractivity contribution in [3.05, 3.63) is 29.3 Å². The van der Waals surface area contributed by atoms with Gasteiger partial charge in [0.2, 0.25) is 0 Å². The van der Waals surface area contributed by atoms with Crippen LogP contribution in [0, 0.1) is 0 Å². The highest BCUT2D eigenvalue weighted by Gasteiger charge is 2.17. The molecule has 0 heterocycles. The number of aliphatic hydroxyl groups excluding tert-OH is 1. The Morgan fingerprint density at radius 1 is 1.30 bits per heavy atom. The van der Waals surface area contributed by atoms with Gasteiger partial charge in [-0.25, -0.2) is 0 Å². The molecule has 0 aromatic heterocycles. The first kappa shape index (κ1) is 15.7. The lowest BCUT2D eigenvalue weighted by Crippen LogP contribution is -2.42. The Labute approximate surface area is 124 Å². The average Bonchev–Trinajstić information content (AvgIpc) is 2.82. The lowest BCUT2D eigenvalue weighted by molar-refractivity contribution is 0.182. The van der Waals surface area contributed by atoms with Gasteiger partial charge in [-0.2, -0.15) is 0 Å². The SMILES string of the molecule is CC(C)(C)NCC(O)CS(=O)c1ccc2c(c1)CCC2. The van der Waals surface area contributed by atoms with Gasteiger partial charge in [0, 0.05) is 17.0 Å². The number of benzene rings is 1. The van der Waals surface area contributed by atoms with Crippen LogP contribution in [0.1, 0.15) is 38.3 Å². The molecule has 2 atom stereocenters. The number of nitrogens with one attached hydrogen (secondary N) is 1. The van der Waals surface area contributed by atoms with Gasteiger partial charge in [-0.1, -0.05) is 6.07 Å². The summed E-state index contributed by atoms with van der Waals surface area (Å²) < 4.78 is 12.3. The molecule has 0 spiro atoms. The number of aliphatic hydroxyl groups is 1. The molecular weight excluding hydrogens is 270 g/mol. The molecule has 1 aromatic rings. The molecule has 0 fully saturated rings. The predicted molar refractivity (Wildman–Crippen MR) is 83.5 cm³/mol. The fourth-order valence-electron chi connectivity index (χ4n) is 2.44. The van der Waals surface area contributed by atoms with Crippen LogP contribution < -0.4 is 5.32 Å². The Morgan fingerprint density at radius 3 is 2.70 bits per heavy atom. The number of hydrogen-bond donors (Lipinski definition) is 2. The van der Waals surface area contributed by atoms with E-state index in [1.807, 2.05) is 6.07 Å². The Kier molecular flexibility index (Phi) is 4.99. The maximum absolute atomic E-state index is 12.3. The van der Waals surface area contributed by atoms with Gasteiger partial charge in [0.1, 0.15) is 0 Å². The van der Waals surface area contributed by atoms with E-state index >= 15 is 0 Å². The van der Waals surface area contributed by atoms with Crippen molar-refractivity contribution >= 4 is 10.8 Å². The molecule has 1 aromatic carbocycles. The van der Waals surface area contributed by atoms with Crippen LogP contribution in [0.3, 0.4) is 0 Å². The van der Waals surface area contributed by atoms with Gasteiger partial charge < -0.3 is 10.4 Å². The Hall–Kier alpha value is -0.710. The summed E-state index contributed by atoms with van der Waals surface area (Å²) in [5, 5.41) is 13.2. The van der Waals surface area contributed by atoms with E-state index in [0.29, 0.717) is 12.3 Å². The van der Waals surface area contributed by atoms with Crippen molar-refractivity contribution in [3.8, 4) is 0 Å². The third-order valence-electron chi connectivity index (χ3n) is 3.54. The normalized spacial score (nSPS) is 17.8. The zero-order valence-corrected chi connectivity index (χ0v) is 13.4. The van der Waals surface area contributed by atoms with E-state index < -0.39 is 16.9 Å². The third kappa shape index (κ3) is 4.40. The molecule has 0 amide bonds. The summed E-state index contributed by atoms with van der Waals surface area (Å²) in [7, 11) is -1.12. The number of rotatable bonds is 5. The first-order valence-corrected chi connectivity index (χ1v) is 8.60. The van der Waals surface area contributed by atoms with Gasteiger partial charge >= 0.3 is 0 Å². The van der Waals surface area contributed by atoms with Crippen molar-refractivity contribution in [1.29, 1.82) is 0 Å². The average molecular weight is 295 g/mol. The van der Waals surface area contributed by atoms with Crippen molar-refractivity contribution in [2.75, 3.05) is 12.3 Å². The van der Waals surface area contributed by atoms with E-state index in [2.05, 4.69) is 38.2 Å². The third-order valence-corrected chi connectivity index (χ3v) is 5.01. The van der Waals surface area contributed by atoms with Crippen LogP contribution in [-0.4, -0.2) is 33.3 Å². The van der Waals surface area contributed by atoms with E-state index in [4.69, 9.17) is 0 Å². The van der Waals surface area contributed by atoms with Gasteiger partial charge in [-0.3, -0.25) is 4.21 Å². The van der Waals surface area contributed by atoms with Crippen LogP contribution in [0.25, 0.3) is 0 Å². The Morgan fingerprint density at radius 2 is 2.00 bits per heavy atom. The monoisotopic (exact) mass is 295 g/mol. The molecule has 0 saturated heterocycles. The minimum atomic E-state index is -1.12. The number of hydrogen-bond acceptors (Lipinski definition) is 3. The zero-order chi connectivity index (χ0) is 14.8. The second-order valence-corrected chi connectivity index (χ2v) is 8.08. The molecule has 20 heavy (non-hydrogen) atoms. The Balaban J connectivity index is 1.91. The van der Waals surface area contributed by atoms with E-state index in [9.17, 15) is 9.32 Å². The molecular formula is C16H25NO2S. The standard InChI is InChI=1S/C16H25NO2S/c1-16(2,3)17-10-14(18)11-20(19)15-8-7-12-5-4-6-13(12)9-15/h7-9,14,17-18H,4-6,10-11H2,1-3H3. The van der Waals surface area contributed by atoms with Gasteiger partial charge in [-0.05, 0) is 63.3 Å². The van der Waals surface area contributed by atoms with Crippen LogP contribution in [-0.2, 0) is 23.6 Å². The minimum absolute atomic E-state index is 0.0317. The summed E-state index contributed by atoms with van der Waals surface area (Å²) in [4.78, 5) is 0.848. The van der Waals surface area contributed by atoms with Crippen molar-refractivity contribution in [1.82, 2.24) is 5.32 Å². The molecule has 2 N–H and O–H groups in total. The fraction of sp³-hybridized carbons (Fsp3) is 0.625. The van der Waals surface area contributed by atoms with Gasteiger partial charge in [-0.15, -0.1) is 0 Å². The van der Waals surface area contributed by atoms with E-state index in [1.165, 1.54) is 17.5 Å². The number of fused-ring (bicyclic) bond motifs is 1. The second-order valence-electron chi connectivity index (χ2n) is 6.58. The summed E-state index contributed by atoms with van der Waals surface area (Å²) in [5.74, 6) is 0.294. The Bertz CT molecular complexity index is 494. The molecule has 0 saturated carbocycles. The highest BCUT2D eigenvalue weighted by molar-refractivity contribution is 7.85. The summed E-state index contributed by atoms with van der Waals surface area (Å²) in [6.07, 6.45) is 2.85.